The van der Waals surface area contributed by atoms with Crippen LogP contribution >= 0.6 is 11.6 Å². The first-order valence-electron chi connectivity index (χ1n) is 7.12. The molecule has 1 heterocycles. The Hall–Kier alpha value is -2.29. The summed E-state index contributed by atoms with van der Waals surface area (Å²) in [7, 11) is -3.61. The molecule has 124 valence electrons. The Morgan fingerprint density at radius 2 is 1.92 bits per heavy atom. The highest BCUT2D eigenvalue weighted by molar-refractivity contribution is 7.89. The third-order valence-electron chi connectivity index (χ3n) is 3.36. The lowest BCUT2D eigenvalue weighted by molar-refractivity contribution is 0.581. The highest BCUT2D eigenvalue weighted by Gasteiger charge is 2.14. The third-order valence-corrected chi connectivity index (χ3v) is 5.07. The van der Waals surface area contributed by atoms with Gasteiger partial charge >= 0.3 is 0 Å². The Labute approximate surface area is 144 Å². The normalized spacial score (nSPS) is 11.5. The summed E-state index contributed by atoms with van der Waals surface area (Å²) in [6, 6.07) is 13.7. The highest BCUT2D eigenvalue weighted by Crippen LogP contribution is 2.14. The molecular formula is C15H14ClN5O2S. The van der Waals surface area contributed by atoms with Crippen LogP contribution < -0.4 is 4.72 Å². The summed E-state index contributed by atoms with van der Waals surface area (Å²) in [6.45, 7) is 0.291. The standard InChI is InChI=1S/C15H14ClN5O2S/c16-13-6-4-12(5-7-13)8-9-18-24(22,23)15-3-1-2-14(10-15)21-11-17-19-20-21/h1-7,10-11,18H,8-9H2. The van der Waals surface area contributed by atoms with Crippen molar-refractivity contribution in [3.8, 4) is 5.69 Å². The molecule has 3 rings (SSSR count). The number of aromatic nitrogens is 4. The van der Waals surface area contributed by atoms with E-state index in [0.29, 0.717) is 23.7 Å². The van der Waals surface area contributed by atoms with Gasteiger partial charge in [-0.2, -0.15) is 0 Å². The molecule has 0 aliphatic heterocycles. The van der Waals surface area contributed by atoms with Crippen molar-refractivity contribution in [3.05, 3.63) is 65.4 Å². The molecule has 0 bridgehead atoms. The van der Waals surface area contributed by atoms with Gasteiger partial charge in [0.25, 0.3) is 0 Å². The van der Waals surface area contributed by atoms with E-state index in [1.54, 1.807) is 24.3 Å². The predicted molar refractivity (Wildman–Crippen MR) is 89.5 cm³/mol. The molecule has 0 saturated heterocycles. The van der Waals surface area contributed by atoms with Crippen molar-refractivity contribution in [1.82, 2.24) is 24.9 Å². The van der Waals surface area contributed by atoms with Crippen LogP contribution in [0.25, 0.3) is 5.69 Å². The van der Waals surface area contributed by atoms with Gasteiger partial charge in [0.05, 0.1) is 10.6 Å². The maximum atomic E-state index is 12.4. The first kappa shape index (κ1) is 16.6. The van der Waals surface area contributed by atoms with Crippen LogP contribution in [0.15, 0.2) is 59.8 Å². The molecule has 0 atom stereocenters. The maximum Gasteiger partial charge on any atom is 0.240 e. The van der Waals surface area contributed by atoms with E-state index in [2.05, 4.69) is 20.2 Å². The molecule has 24 heavy (non-hydrogen) atoms. The van der Waals surface area contributed by atoms with Crippen molar-refractivity contribution >= 4 is 21.6 Å². The zero-order valence-corrected chi connectivity index (χ0v) is 14.1. The molecule has 7 nitrogen and oxygen atoms in total. The molecule has 0 aliphatic rings. The van der Waals surface area contributed by atoms with Crippen molar-refractivity contribution in [1.29, 1.82) is 0 Å². The molecule has 0 unspecified atom stereocenters. The van der Waals surface area contributed by atoms with Gasteiger partial charge in [0, 0.05) is 11.6 Å². The Kier molecular flexibility index (Phi) is 4.89. The predicted octanol–water partition coefficient (Wildman–Crippen LogP) is 1.84. The number of halogens is 1. The van der Waals surface area contributed by atoms with Crippen LogP contribution in [0.5, 0.6) is 0 Å². The van der Waals surface area contributed by atoms with Gasteiger partial charge in [0.1, 0.15) is 6.33 Å². The van der Waals surface area contributed by atoms with Crippen molar-refractivity contribution in [2.45, 2.75) is 11.3 Å². The minimum Gasteiger partial charge on any atom is -0.211 e. The number of nitrogens with zero attached hydrogens (tertiary/aromatic N) is 4. The van der Waals surface area contributed by atoms with E-state index in [9.17, 15) is 8.42 Å². The molecule has 0 amide bonds. The molecule has 0 saturated carbocycles. The number of benzene rings is 2. The van der Waals surface area contributed by atoms with Gasteiger partial charge in [-0.25, -0.2) is 17.8 Å². The lowest BCUT2D eigenvalue weighted by Crippen LogP contribution is -2.26. The highest BCUT2D eigenvalue weighted by atomic mass is 35.5. The minimum atomic E-state index is -3.61. The van der Waals surface area contributed by atoms with Crippen LogP contribution in [0.4, 0.5) is 0 Å². The SMILES string of the molecule is O=S(=O)(NCCc1ccc(Cl)cc1)c1cccc(-n2cnnn2)c1. The Morgan fingerprint density at radius 3 is 2.62 bits per heavy atom. The van der Waals surface area contributed by atoms with Gasteiger partial charge in [-0.15, -0.1) is 5.10 Å². The zero-order chi connectivity index (χ0) is 17.0. The molecule has 0 aliphatic carbocycles. The summed E-state index contributed by atoms with van der Waals surface area (Å²) < 4.78 is 28.8. The number of sulfonamides is 1. The van der Waals surface area contributed by atoms with E-state index in [0.717, 1.165) is 5.56 Å². The second-order valence-corrected chi connectivity index (χ2v) is 7.23. The molecule has 0 radical (unpaired) electrons. The first-order chi connectivity index (χ1) is 11.5. The van der Waals surface area contributed by atoms with E-state index in [1.807, 2.05) is 12.1 Å². The van der Waals surface area contributed by atoms with E-state index < -0.39 is 10.0 Å². The fourth-order valence-corrected chi connectivity index (χ4v) is 3.33. The number of nitrogens with one attached hydrogen (secondary N) is 1. The van der Waals surface area contributed by atoms with E-state index >= 15 is 0 Å². The molecular weight excluding hydrogens is 350 g/mol. The smallest absolute Gasteiger partial charge is 0.211 e. The van der Waals surface area contributed by atoms with Crippen LogP contribution in [-0.2, 0) is 16.4 Å². The largest absolute Gasteiger partial charge is 0.240 e. The number of hydrogen-bond donors (Lipinski definition) is 1. The van der Waals surface area contributed by atoms with Crippen molar-refractivity contribution in [3.63, 3.8) is 0 Å². The Bertz CT molecular complexity index is 911. The summed E-state index contributed by atoms with van der Waals surface area (Å²) in [6.07, 6.45) is 1.97. The summed E-state index contributed by atoms with van der Waals surface area (Å²) >= 11 is 5.83. The summed E-state index contributed by atoms with van der Waals surface area (Å²) in [5.41, 5.74) is 1.57. The summed E-state index contributed by atoms with van der Waals surface area (Å²) in [5.74, 6) is 0. The van der Waals surface area contributed by atoms with Gasteiger partial charge in [0.2, 0.25) is 10.0 Å². The van der Waals surface area contributed by atoms with Crippen molar-refractivity contribution in [2.75, 3.05) is 6.54 Å². The fourth-order valence-electron chi connectivity index (χ4n) is 2.14. The number of rotatable bonds is 6. The van der Waals surface area contributed by atoms with Crippen LogP contribution in [-0.4, -0.2) is 35.2 Å². The van der Waals surface area contributed by atoms with Crippen LogP contribution in [0.3, 0.4) is 0 Å². The van der Waals surface area contributed by atoms with Crippen molar-refractivity contribution in [2.24, 2.45) is 0 Å². The summed E-state index contributed by atoms with van der Waals surface area (Å²) in [4.78, 5) is 0.159. The van der Waals surface area contributed by atoms with Crippen LogP contribution in [0.2, 0.25) is 5.02 Å². The van der Waals surface area contributed by atoms with E-state index in [-0.39, 0.29) is 4.90 Å². The quantitative estimate of drug-likeness (QED) is 0.721. The Balaban J connectivity index is 1.69. The average Bonchev–Trinajstić information content (AvgIpc) is 3.11. The Morgan fingerprint density at radius 1 is 1.12 bits per heavy atom. The molecule has 0 spiro atoms. The molecule has 0 fully saturated rings. The van der Waals surface area contributed by atoms with Gasteiger partial charge in [-0.05, 0) is 52.7 Å². The first-order valence-corrected chi connectivity index (χ1v) is 8.98. The van der Waals surface area contributed by atoms with Gasteiger partial charge in [0.15, 0.2) is 0 Å². The van der Waals surface area contributed by atoms with Crippen LogP contribution in [0, 0.1) is 0 Å². The second-order valence-electron chi connectivity index (χ2n) is 5.03. The fraction of sp³-hybridized carbons (Fsp3) is 0.133. The number of tetrazole rings is 1. The molecule has 9 heteroatoms. The average molecular weight is 364 g/mol. The van der Waals surface area contributed by atoms with Crippen molar-refractivity contribution < 1.29 is 8.42 Å². The monoisotopic (exact) mass is 363 g/mol. The zero-order valence-electron chi connectivity index (χ0n) is 12.5. The molecule has 1 aromatic heterocycles. The summed E-state index contributed by atoms with van der Waals surface area (Å²) in [5, 5.41) is 11.5. The topological polar surface area (TPSA) is 89.8 Å². The minimum absolute atomic E-state index is 0.159. The lowest BCUT2D eigenvalue weighted by Gasteiger charge is -2.08. The van der Waals surface area contributed by atoms with Gasteiger partial charge < -0.3 is 0 Å². The molecule has 2 aromatic carbocycles. The van der Waals surface area contributed by atoms with E-state index in [4.69, 9.17) is 11.6 Å². The molecule has 1 N–H and O–H groups in total. The number of hydrogen-bond acceptors (Lipinski definition) is 5. The van der Waals surface area contributed by atoms with Gasteiger partial charge in [-0.3, -0.25) is 0 Å². The second kappa shape index (κ2) is 7.08. The van der Waals surface area contributed by atoms with E-state index in [1.165, 1.54) is 23.1 Å². The van der Waals surface area contributed by atoms with Gasteiger partial charge in [-0.1, -0.05) is 29.8 Å². The lowest BCUT2D eigenvalue weighted by atomic mass is 10.2. The van der Waals surface area contributed by atoms with Crippen LogP contribution in [0.1, 0.15) is 5.56 Å². The maximum absolute atomic E-state index is 12.4. The third kappa shape index (κ3) is 3.97. The molecule has 3 aromatic rings.